The number of carboxylic acid groups (broad SMARTS) is 1. The van der Waals surface area contributed by atoms with Crippen LogP contribution < -0.4 is 9.47 Å². The lowest BCUT2D eigenvalue weighted by Gasteiger charge is -2.11. The highest BCUT2D eigenvalue weighted by Crippen LogP contribution is 2.27. The number of rotatable bonds is 7. The molecular formula is C27H23ClN2O4. The maximum atomic E-state index is 11.2. The third kappa shape index (κ3) is 4.97. The molecule has 4 aromatic rings. The molecule has 0 fully saturated rings. The molecule has 7 heteroatoms. The van der Waals surface area contributed by atoms with Crippen molar-refractivity contribution in [3.05, 3.63) is 100 Å². The topological polar surface area (TPSA) is 73.0 Å². The fourth-order valence-corrected chi connectivity index (χ4v) is 3.91. The van der Waals surface area contributed by atoms with Crippen molar-refractivity contribution < 1.29 is 19.4 Å². The van der Waals surface area contributed by atoms with E-state index in [0.717, 1.165) is 39.8 Å². The Morgan fingerprint density at radius 2 is 1.56 bits per heavy atom. The van der Waals surface area contributed by atoms with Gasteiger partial charge in [0, 0.05) is 28.9 Å². The average molecular weight is 475 g/mol. The van der Waals surface area contributed by atoms with Crippen molar-refractivity contribution >= 4 is 29.5 Å². The lowest BCUT2D eigenvalue weighted by Crippen LogP contribution is -2.02. The number of aliphatic imine (C=N–C) groups is 1. The number of hydrogen-bond donors (Lipinski definition) is 1. The fraction of sp³-hybridized carbons (Fsp3) is 0.111. The number of ether oxygens (including phenoxy) is 2. The van der Waals surface area contributed by atoms with Gasteiger partial charge in [-0.25, -0.2) is 4.79 Å². The quantitative estimate of drug-likeness (QED) is 0.293. The summed E-state index contributed by atoms with van der Waals surface area (Å²) in [7, 11) is 1.63. The van der Waals surface area contributed by atoms with Crippen molar-refractivity contribution in [3.63, 3.8) is 0 Å². The first-order valence-corrected chi connectivity index (χ1v) is 10.9. The molecule has 0 aliphatic heterocycles. The SMILES string of the molecule is COc1ccc(Oc2ccc(N=Cc3cc(C)n(-c4ccc(C(=O)O)c(Cl)c4)c3C)cc2)cc1. The van der Waals surface area contributed by atoms with Crippen LogP contribution >= 0.6 is 11.6 Å². The predicted molar refractivity (Wildman–Crippen MR) is 134 cm³/mol. The van der Waals surface area contributed by atoms with Crippen LogP contribution in [0.4, 0.5) is 5.69 Å². The number of hydrogen-bond acceptors (Lipinski definition) is 4. The summed E-state index contributed by atoms with van der Waals surface area (Å²) in [6.07, 6.45) is 1.81. The molecule has 0 bridgehead atoms. The monoisotopic (exact) mass is 474 g/mol. The number of nitrogens with zero attached hydrogens (tertiary/aromatic N) is 2. The van der Waals surface area contributed by atoms with Gasteiger partial charge < -0.3 is 19.1 Å². The minimum absolute atomic E-state index is 0.0779. The molecule has 3 aromatic carbocycles. The smallest absolute Gasteiger partial charge is 0.337 e. The van der Waals surface area contributed by atoms with Crippen LogP contribution in [0.2, 0.25) is 5.02 Å². The van der Waals surface area contributed by atoms with Gasteiger partial charge in [-0.05, 0) is 86.6 Å². The lowest BCUT2D eigenvalue weighted by atomic mass is 10.2. The van der Waals surface area contributed by atoms with Gasteiger partial charge in [-0.1, -0.05) is 11.6 Å². The molecule has 0 atom stereocenters. The molecule has 4 rings (SSSR count). The summed E-state index contributed by atoms with van der Waals surface area (Å²) in [6.45, 7) is 3.97. The van der Waals surface area contributed by atoms with E-state index in [0.29, 0.717) is 5.75 Å². The van der Waals surface area contributed by atoms with Crippen LogP contribution in [0.3, 0.4) is 0 Å². The first-order valence-electron chi connectivity index (χ1n) is 10.5. The Kier molecular flexibility index (Phi) is 6.70. The number of carboxylic acids is 1. The number of methoxy groups -OCH3 is 1. The molecule has 172 valence electrons. The summed E-state index contributed by atoms with van der Waals surface area (Å²) in [5.41, 5.74) is 4.58. The van der Waals surface area contributed by atoms with Crippen molar-refractivity contribution in [2.45, 2.75) is 13.8 Å². The molecule has 1 heterocycles. The van der Waals surface area contributed by atoms with Crippen molar-refractivity contribution in [1.82, 2.24) is 4.57 Å². The molecule has 0 aliphatic rings. The highest BCUT2D eigenvalue weighted by molar-refractivity contribution is 6.33. The van der Waals surface area contributed by atoms with E-state index in [1.165, 1.54) is 6.07 Å². The normalized spacial score (nSPS) is 11.1. The first kappa shape index (κ1) is 23.1. The second-order valence-electron chi connectivity index (χ2n) is 7.66. The Hall–Kier alpha value is -4.03. The van der Waals surface area contributed by atoms with Crippen molar-refractivity contribution in [2.75, 3.05) is 7.11 Å². The maximum absolute atomic E-state index is 11.2. The van der Waals surface area contributed by atoms with E-state index in [2.05, 4.69) is 4.99 Å². The Labute approximate surface area is 202 Å². The second kappa shape index (κ2) is 9.85. The summed E-state index contributed by atoms with van der Waals surface area (Å²) in [4.78, 5) is 15.8. The van der Waals surface area contributed by atoms with Crippen LogP contribution in [0.5, 0.6) is 17.2 Å². The number of aryl methyl sites for hydroxylation is 1. The van der Waals surface area contributed by atoms with Gasteiger partial charge in [0.15, 0.2) is 0 Å². The predicted octanol–water partition coefficient (Wildman–Crippen LogP) is 7.00. The standard InChI is InChI=1S/C27H23ClN2O4/c1-17-14-19(18(2)30(17)21-6-13-25(27(31)32)26(28)15-21)16-29-20-4-7-23(8-5-20)34-24-11-9-22(33-3)10-12-24/h4-16H,1-3H3,(H,31,32). The number of aromatic carboxylic acids is 1. The summed E-state index contributed by atoms with van der Waals surface area (Å²) < 4.78 is 13.0. The molecule has 0 radical (unpaired) electrons. The second-order valence-corrected chi connectivity index (χ2v) is 8.07. The molecular weight excluding hydrogens is 452 g/mol. The fourth-order valence-electron chi connectivity index (χ4n) is 3.66. The lowest BCUT2D eigenvalue weighted by molar-refractivity contribution is 0.0697. The zero-order valence-corrected chi connectivity index (χ0v) is 19.7. The van der Waals surface area contributed by atoms with Crippen LogP contribution in [0, 0.1) is 13.8 Å². The van der Waals surface area contributed by atoms with E-state index < -0.39 is 5.97 Å². The number of benzene rings is 3. The molecule has 1 N–H and O–H groups in total. The maximum Gasteiger partial charge on any atom is 0.337 e. The van der Waals surface area contributed by atoms with Gasteiger partial charge >= 0.3 is 5.97 Å². The van der Waals surface area contributed by atoms with Crippen molar-refractivity contribution in [1.29, 1.82) is 0 Å². The van der Waals surface area contributed by atoms with Gasteiger partial charge in [-0.3, -0.25) is 4.99 Å². The molecule has 0 saturated carbocycles. The Morgan fingerprint density at radius 3 is 2.15 bits per heavy atom. The van der Waals surface area contributed by atoms with Gasteiger partial charge in [0.2, 0.25) is 0 Å². The summed E-state index contributed by atoms with van der Waals surface area (Å²) in [5.74, 6) is 1.16. The number of aromatic nitrogens is 1. The van der Waals surface area contributed by atoms with Crippen LogP contribution in [0.1, 0.15) is 27.3 Å². The van der Waals surface area contributed by atoms with Crippen LogP contribution in [0.15, 0.2) is 77.8 Å². The Bertz CT molecular complexity index is 1360. The zero-order valence-electron chi connectivity index (χ0n) is 18.9. The van der Waals surface area contributed by atoms with Gasteiger partial charge in [-0.15, -0.1) is 0 Å². The number of halogens is 1. The van der Waals surface area contributed by atoms with Gasteiger partial charge in [-0.2, -0.15) is 0 Å². The summed E-state index contributed by atoms with van der Waals surface area (Å²) in [5, 5.41) is 9.41. The third-order valence-electron chi connectivity index (χ3n) is 5.40. The highest BCUT2D eigenvalue weighted by atomic mass is 35.5. The first-order chi connectivity index (χ1) is 16.4. The Morgan fingerprint density at radius 1 is 0.941 bits per heavy atom. The highest BCUT2D eigenvalue weighted by Gasteiger charge is 2.13. The van der Waals surface area contributed by atoms with E-state index in [1.807, 2.05) is 79.2 Å². The molecule has 0 amide bonds. The largest absolute Gasteiger partial charge is 0.497 e. The van der Waals surface area contributed by atoms with E-state index in [9.17, 15) is 9.90 Å². The van der Waals surface area contributed by atoms with E-state index >= 15 is 0 Å². The minimum Gasteiger partial charge on any atom is -0.497 e. The van der Waals surface area contributed by atoms with Crippen LogP contribution in [-0.4, -0.2) is 29.0 Å². The Balaban J connectivity index is 1.51. The van der Waals surface area contributed by atoms with E-state index in [1.54, 1.807) is 19.2 Å². The minimum atomic E-state index is -1.05. The molecule has 0 aliphatic carbocycles. The molecule has 6 nitrogen and oxygen atoms in total. The average Bonchev–Trinajstić information content (AvgIpc) is 3.11. The van der Waals surface area contributed by atoms with Crippen molar-refractivity contribution in [2.24, 2.45) is 4.99 Å². The van der Waals surface area contributed by atoms with Gasteiger partial charge in [0.25, 0.3) is 0 Å². The van der Waals surface area contributed by atoms with Gasteiger partial charge in [0.05, 0.1) is 23.4 Å². The van der Waals surface area contributed by atoms with E-state index in [4.69, 9.17) is 21.1 Å². The number of carbonyl (C=O) groups is 1. The van der Waals surface area contributed by atoms with Crippen LogP contribution in [0.25, 0.3) is 5.69 Å². The molecule has 0 unspecified atom stereocenters. The van der Waals surface area contributed by atoms with Crippen LogP contribution in [-0.2, 0) is 0 Å². The zero-order chi connectivity index (χ0) is 24.2. The molecule has 34 heavy (non-hydrogen) atoms. The molecule has 0 spiro atoms. The van der Waals surface area contributed by atoms with E-state index in [-0.39, 0.29) is 10.6 Å². The molecule has 1 aromatic heterocycles. The van der Waals surface area contributed by atoms with Gasteiger partial charge in [0.1, 0.15) is 17.2 Å². The summed E-state index contributed by atoms with van der Waals surface area (Å²) >= 11 is 6.17. The molecule has 0 saturated heterocycles. The van der Waals surface area contributed by atoms with Crippen molar-refractivity contribution in [3.8, 4) is 22.9 Å². The summed E-state index contributed by atoms with van der Waals surface area (Å²) in [6, 6.07) is 21.9. The third-order valence-corrected chi connectivity index (χ3v) is 5.71.